The van der Waals surface area contributed by atoms with E-state index in [2.05, 4.69) is 33.4 Å². The molecule has 106 valence electrons. The Morgan fingerprint density at radius 1 is 1.10 bits per heavy atom. The number of nitrogens with one attached hydrogen (secondary N) is 1. The van der Waals surface area contributed by atoms with E-state index in [9.17, 15) is 4.39 Å². The number of benzene rings is 2. The molecule has 0 amide bonds. The molecule has 0 saturated carbocycles. The summed E-state index contributed by atoms with van der Waals surface area (Å²) in [6.45, 7) is 0. The van der Waals surface area contributed by atoms with Gasteiger partial charge in [0.05, 0.1) is 5.02 Å². The summed E-state index contributed by atoms with van der Waals surface area (Å²) in [5.41, 5.74) is 2.20. The molecule has 0 aliphatic rings. The fourth-order valence-electron chi connectivity index (χ4n) is 2.13. The standard InChI is InChI=1S/C16H16BrClFN/c1-20-14(8-11-2-5-13(17)6-3-11)9-12-4-7-15(18)16(19)10-12/h2-7,10,14,20H,8-9H2,1H3. The van der Waals surface area contributed by atoms with Crippen molar-refractivity contribution in [3.63, 3.8) is 0 Å². The van der Waals surface area contributed by atoms with Gasteiger partial charge in [0.2, 0.25) is 0 Å². The first-order chi connectivity index (χ1) is 9.58. The predicted molar refractivity (Wildman–Crippen MR) is 85.8 cm³/mol. The summed E-state index contributed by atoms with van der Waals surface area (Å²) in [5.74, 6) is -0.359. The van der Waals surface area contributed by atoms with E-state index in [0.717, 1.165) is 22.9 Å². The quantitative estimate of drug-likeness (QED) is 0.824. The summed E-state index contributed by atoms with van der Waals surface area (Å²) in [6, 6.07) is 13.5. The first kappa shape index (κ1) is 15.5. The minimum Gasteiger partial charge on any atom is -0.316 e. The van der Waals surface area contributed by atoms with E-state index < -0.39 is 0 Å². The summed E-state index contributed by atoms with van der Waals surface area (Å²) >= 11 is 9.13. The third-order valence-corrected chi connectivity index (χ3v) is 4.10. The van der Waals surface area contributed by atoms with Gasteiger partial charge in [-0.3, -0.25) is 0 Å². The molecule has 0 aliphatic heterocycles. The highest BCUT2D eigenvalue weighted by Gasteiger charge is 2.10. The summed E-state index contributed by atoms with van der Waals surface area (Å²) in [7, 11) is 1.93. The van der Waals surface area contributed by atoms with Gasteiger partial charge in [-0.1, -0.05) is 45.7 Å². The van der Waals surface area contributed by atoms with Gasteiger partial charge in [0, 0.05) is 10.5 Å². The second-order valence-electron chi connectivity index (χ2n) is 4.77. The molecule has 2 rings (SSSR count). The summed E-state index contributed by atoms with van der Waals surface area (Å²) in [4.78, 5) is 0. The number of rotatable bonds is 5. The van der Waals surface area contributed by atoms with Crippen molar-refractivity contribution in [3.8, 4) is 0 Å². The van der Waals surface area contributed by atoms with Gasteiger partial charge < -0.3 is 5.32 Å². The van der Waals surface area contributed by atoms with Crippen molar-refractivity contribution in [1.82, 2.24) is 5.32 Å². The Kier molecular flexibility index (Phi) is 5.58. The fraction of sp³-hybridized carbons (Fsp3) is 0.250. The van der Waals surface area contributed by atoms with Crippen molar-refractivity contribution in [2.24, 2.45) is 0 Å². The van der Waals surface area contributed by atoms with Crippen molar-refractivity contribution in [2.45, 2.75) is 18.9 Å². The van der Waals surface area contributed by atoms with Gasteiger partial charge in [-0.25, -0.2) is 4.39 Å². The van der Waals surface area contributed by atoms with Crippen LogP contribution in [0.5, 0.6) is 0 Å². The minimum atomic E-state index is -0.359. The van der Waals surface area contributed by atoms with Crippen LogP contribution in [0.15, 0.2) is 46.9 Å². The second kappa shape index (κ2) is 7.21. The number of hydrogen-bond acceptors (Lipinski definition) is 1. The van der Waals surface area contributed by atoms with Crippen LogP contribution in [-0.2, 0) is 12.8 Å². The van der Waals surface area contributed by atoms with Crippen LogP contribution >= 0.6 is 27.5 Å². The van der Waals surface area contributed by atoms with Gasteiger partial charge in [0.1, 0.15) is 5.82 Å². The van der Waals surface area contributed by atoms with E-state index in [0.29, 0.717) is 0 Å². The maximum atomic E-state index is 13.4. The van der Waals surface area contributed by atoms with Gasteiger partial charge in [-0.05, 0) is 55.3 Å². The largest absolute Gasteiger partial charge is 0.316 e. The van der Waals surface area contributed by atoms with Crippen molar-refractivity contribution >= 4 is 27.5 Å². The van der Waals surface area contributed by atoms with Crippen molar-refractivity contribution in [2.75, 3.05) is 7.05 Å². The molecular weight excluding hydrogens is 341 g/mol. The maximum Gasteiger partial charge on any atom is 0.142 e. The average Bonchev–Trinajstić information content (AvgIpc) is 2.44. The molecule has 0 bridgehead atoms. The van der Waals surface area contributed by atoms with Crippen molar-refractivity contribution in [1.29, 1.82) is 0 Å². The SMILES string of the molecule is CNC(Cc1ccc(Br)cc1)Cc1ccc(Cl)c(F)c1. The van der Waals surface area contributed by atoms with Crippen LogP contribution in [0.25, 0.3) is 0 Å². The van der Waals surface area contributed by atoms with Crippen LogP contribution in [-0.4, -0.2) is 13.1 Å². The van der Waals surface area contributed by atoms with Crippen molar-refractivity contribution < 1.29 is 4.39 Å². The van der Waals surface area contributed by atoms with Gasteiger partial charge in [-0.15, -0.1) is 0 Å². The van der Waals surface area contributed by atoms with Gasteiger partial charge in [0.25, 0.3) is 0 Å². The summed E-state index contributed by atoms with van der Waals surface area (Å²) < 4.78 is 14.5. The lowest BCUT2D eigenvalue weighted by Gasteiger charge is -2.16. The molecule has 1 N–H and O–H groups in total. The highest BCUT2D eigenvalue weighted by atomic mass is 79.9. The van der Waals surface area contributed by atoms with E-state index in [1.54, 1.807) is 6.07 Å². The highest BCUT2D eigenvalue weighted by Crippen LogP contribution is 2.18. The fourth-order valence-corrected chi connectivity index (χ4v) is 2.51. The van der Waals surface area contributed by atoms with E-state index in [4.69, 9.17) is 11.6 Å². The molecule has 20 heavy (non-hydrogen) atoms. The average molecular weight is 357 g/mol. The third-order valence-electron chi connectivity index (χ3n) is 3.27. The van der Waals surface area contributed by atoms with Crippen LogP contribution in [0.2, 0.25) is 5.02 Å². The Hall–Kier alpha value is -0.900. The van der Waals surface area contributed by atoms with Crippen LogP contribution in [0.4, 0.5) is 4.39 Å². The topological polar surface area (TPSA) is 12.0 Å². The lowest BCUT2D eigenvalue weighted by molar-refractivity contribution is 0.553. The maximum absolute atomic E-state index is 13.4. The normalized spacial score (nSPS) is 12.4. The van der Waals surface area contributed by atoms with Crippen LogP contribution in [0.1, 0.15) is 11.1 Å². The molecule has 1 nitrogen and oxygen atoms in total. The number of halogens is 3. The van der Waals surface area contributed by atoms with Crippen LogP contribution in [0, 0.1) is 5.82 Å². The molecule has 2 aromatic carbocycles. The zero-order valence-corrected chi connectivity index (χ0v) is 13.5. The molecule has 0 saturated heterocycles. The zero-order valence-electron chi connectivity index (χ0n) is 11.2. The van der Waals surface area contributed by atoms with Gasteiger partial charge in [0.15, 0.2) is 0 Å². The number of hydrogen-bond donors (Lipinski definition) is 1. The smallest absolute Gasteiger partial charge is 0.142 e. The van der Waals surface area contributed by atoms with E-state index in [1.807, 2.05) is 25.2 Å². The second-order valence-corrected chi connectivity index (χ2v) is 6.09. The molecule has 1 unspecified atom stereocenters. The molecule has 0 radical (unpaired) electrons. The third kappa shape index (κ3) is 4.30. The van der Waals surface area contributed by atoms with Crippen LogP contribution < -0.4 is 5.32 Å². The Bertz CT molecular complexity index is 571. The molecule has 0 heterocycles. The first-order valence-electron chi connectivity index (χ1n) is 6.44. The lowest BCUT2D eigenvalue weighted by Crippen LogP contribution is -2.29. The van der Waals surface area contributed by atoms with Crippen molar-refractivity contribution in [3.05, 3.63) is 68.9 Å². The van der Waals surface area contributed by atoms with E-state index in [1.165, 1.54) is 11.6 Å². The Labute approximate surface area is 132 Å². The molecule has 0 spiro atoms. The first-order valence-corrected chi connectivity index (χ1v) is 7.61. The molecule has 2 aromatic rings. The minimum absolute atomic E-state index is 0.169. The van der Waals surface area contributed by atoms with Crippen LogP contribution in [0.3, 0.4) is 0 Å². The molecule has 0 fully saturated rings. The zero-order chi connectivity index (χ0) is 14.5. The Morgan fingerprint density at radius 2 is 1.70 bits per heavy atom. The summed E-state index contributed by atoms with van der Waals surface area (Å²) in [5, 5.41) is 3.45. The number of likely N-dealkylation sites (N-methyl/N-ethyl adjacent to an activating group) is 1. The monoisotopic (exact) mass is 355 g/mol. The molecule has 4 heteroatoms. The van der Waals surface area contributed by atoms with E-state index in [-0.39, 0.29) is 16.9 Å². The molecule has 0 aliphatic carbocycles. The Morgan fingerprint density at radius 3 is 2.30 bits per heavy atom. The molecular formula is C16H16BrClFN. The predicted octanol–water partition coefficient (Wildman–Crippen LogP) is 4.61. The van der Waals surface area contributed by atoms with Gasteiger partial charge in [-0.2, -0.15) is 0 Å². The highest BCUT2D eigenvalue weighted by molar-refractivity contribution is 9.10. The van der Waals surface area contributed by atoms with Gasteiger partial charge >= 0.3 is 0 Å². The molecule has 1 atom stereocenters. The van der Waals surface area contributed by atoms with E-state index >= 15 is 0 Å². The lowest BCUT2D eigenvalue weighted by atomic mass is 9.99. The Balaban J connectivity index is 2.04. The summed E-state index contributed by atoms with van der Waals surface area (Å²) in [6.07, 6.45) is 1.66. The molecule has 0 aromatic heterocycles.